The molecule has 0 saturated carbocycles. The number of nitrogens with two attached hydrogens (primary N) is 1. The fourth-order valence-corrected chi connectivity index (χ4v) is 13.4. The Morgan fingerprint density at radius 2 is 1.42 bits per heavy atom. The number of likely N-dealkylation sites (tertiary alicyclic amines) is 1. The van der Waals surface area contributed by atoms with E-state index in [0.29, 0.717) is 32.1 Å². The van der Waals surface area contributed by atoms with Crippen molar-refractivity contribution in [1.82, 2.24) is 9.62 Å². The SMILES string of the molecule is CC(C)(C)[Si](O[C@@H]1CCN([C@H]2Cc3ccccc3[C@@H]2Oc2ccc(S(=O)(=O)NCCOCCOCCN)cc2)C1)(c1ccccc1)c1ccccc1. The molecular weight excluding hydrogens is 691 g/mol. The zero-order valence-corrected chi connectivity index (χ0v) is 32.4. The van der Waals surface area contributed by atoms with Crippen molar-refractivity contribution in [3.8, 4) is 5.75 Å². The lowest BCUT2D eigenvalue weighted by Crippen LogP contribution is -2.67. The van der Waals surface area contributed by atoms with Crippen LogP contribution in [0.4, 0.5) is 0 Å². The minimum absolute atomic E-state index is 0.0718. The molecule has 6 rings (SSSR count). The Hall–Kier alpha value is -3.39. The first-order chi connectivity index (χ1) is 25.1. The Balaban J connectivity index is 1.15. The molecule has 1 aliphatic carbocycles. The Bertz CT molecular complexity index is 1780. The minimum Gasteiger partial charge on any atom is -0.484 e. The van der Waals surface area contributed by atoms with Crippen LogP contribution in [0.2, 0.25) is 5.04 Å². The molecule has 278 valence electrons. The number of sulfonamides is 1. The third-order valence-electron chi connectivity index (χ3n) is 10.1. The number of fused-ring (bicyclic) bond motifs is 1. The maximum absolute atomic E-state index is 13.0. The lowest BCUT2D eigenvalue weighted by Gasteiger charge is -2.44. The van der Waals surface area contributed by atoms with E-state index in [-0.39, 0.29) is 41.3 Å². The molecule has 1 saturated heterocycles. The molecular formula is C41H53N3O6SSi. The van der Waals surface area contributed by atoms with Crippen molar-refractivity contribution in [2.75, 3.05) is 52.6 Å². The van der Waals surface area contributed by atoms with Crippen molar-refractivity contribution >= 4 is 28.7 Å². The highest BCUT2D eigenvalue weighted by molar-refractivity contribution is 7.89. The summed E-state index contributed by atoms with van der Waals surface area (Å²) in [5, 5.41) is 2.49. The van der Waals surface area contributed by atoms with Gasteiger partial charge in [0, 0.05) is 26.2 Å². The van der Waals surface area contributed by atoms with Crippen LogP contribution < -0.4 is 25.6 Å². The number of hydrogen-bond acceptors (Lipinski definition) is 8. The monoisotopic (exact) mass is 743 g/mol. The van der Waals surface area contributed by atoms with Gasteiger partial charge < -0.3 is 24.4 Å². The zero-order valence-electron chi connectivity index (χ0n) is 30.6. The van der Waals surface area contributed by atoms with E-state index < -0.39 is 18.3 Å². The number of rotatable bonds is 17. The molecule has 3 atom stereocenters. The van der Waals surface area contributed by atoms with Crippen molar-refractivity contribution in [3.63, 3.8) is 0 Å². The zero-order chi connectivity index (χ0) is 36.6. The van der Waals surface area contributed by atoms with Gasteiger partial charge in [0.25, 0.3) is 8.32 Å². The van der Waals surface area contributed by atoms with Gasteiger partial charge in [0.15, 0.2) is 0 Å². The second kappa shape index (κ2) is 17.2. The number of ether oxygens (including phenoxy) is 3. The molecule has 52 heavy (non-hydrogen) atoms. The van der Waals surface area contributed by atoms with E-state index >= 15 is 0 Å². The van der Waals surface area contributed by atoms with Crippen LogP contribution in [0.1, 0.15) is 44.4 Å². The molecule has 0 unspecified atom stereocenters. The molecule has 11 heteroatoms. The quantitative estimate of drug-likeness (QED) is 0.119. The molecule has 9 nitrogen and oxygen atoms in total. The Morgan fingerprint density at radius 3 is 2.06 bits per heavy atom. The van der Waals surface area contributed by atoms with Gasteiger partial charge in [0.1, 0.15) is 11.9 Å². The van der Waals surface area contributed by atoms with Crippen molar-refractivity contribution in [2.45, 2.75) is 61.8 Å². The number of nitrogens with one attached hydrogen (secondary N) is 1. The second-order valence-electron chi connectivity index (χ2n) is 14.6. The summed E-state index contributed by atoms with van der Waals surface area (Å²) in [6.45, 7) is 10.8. The first-order valence-corrected chi connectivity index (χ1v) is 21.7. The van der Waals surface area contributed by atoms with Crippen LogP contribution >= 0.6 is 0 Å². The number of benzene rings is 4. The third-order valence-corrected chi connectivity index (χ3v) is 16.7. The molecule has 0 amide bonds. The van der Waals surface area contributed by atoms with Crippen molar-refractivity contribution < 1.29 is 27.1 Å². The largest absolute Gasteiger partial charge is 0.484 e. The lowest BCUT2D eigenvalue weighted by molar-refractivity contribution is 0.0530. The van der Waals surface area contributed by atoms with Crippen LogP contribution in [0.25, 0.3) is 0 Å². The molecule has 0 aromatic heterocycles. The first-order valence-electron chi connectivity index (χ1n) is 18.3. The standard InChI is InChI=1S/C41H53N3O6SSi/c1-41(2,3)52(36-13-6-4-7-14-36,37-15-8-5-9-16-37)50-34-22-25-44(31-34)39-30-32-12-10-11-17-38(32)40(39)49-33-18-20-35(21-19-33)51(45,46)43-24-27-48-29-28-47-26-23-42/h4-21,34,39-40,43H,22-31,42H2,1-3H3/t34-,39+,40+/m1/s1. The predicted molar refractivity (Wildman–Crippen MR) is 208 cm³/mol. The molecule has 0 bridgehead atoms. The topological polar surface area (TPSA) is 112 Å². The van der Waals surface area contributed by atoms with Crippen LogP contribution in [0.5, 0.6) is 5.75 Å². The average Bonchev–Trinajstić information content (AvgIpc) is 3.76. The summed E-state index contributed by atoms with van der Waals surface area (Å²) in [5.74, 6) is 0.630. The van der Waals surface area contributed by atoms with Crippen molar-refractivity contribution in [1.29, 1.82) is 0 Å². The smallest absolute Gasteiger partial charge is 0.261 e. The van der Waals surface area contributed by atoms with Gasteiger partial charge in [-0.25, -0.2) is 13.1 Å². The summed E-state index contributed by atoms with van der Waals surface area (Å²) >= 11 is 0. The van der Waals surface area contributed by atoms with E-state index in [9.17, 15) is 8.42 Å². The van der Waals surface area contributed by atoms with Gasteiger partial charge in [-0.1, -0.05) is 106 Å². The molecule has 2 aliphatic rings. The van der Waals surface area contributed by atoms with Gasteiger partial charge in [0.2, 0.25) is 10.0 Å². The van der Waals surface area contributed by atoms with Gasteiger partial charge in [0.05, 0.1) is 43.5 Å². The van der Waals surface area contributed by atoms with Crippen molar-refractivity contribution in [3.05, 3.63) is 120 Å². The van der Waals surface area contributed by atoms with Crippen LogP contribution in [-0.2, 0) is 30.3 Å². The van der Waals surface area contributed by atoms with Gasteiger partial charge >= 0.3 is 0 Å². The number of nitrogens with zero attached hydrogens (tertiary/aromatic N) is 1. The molecule has 1 aliphatic heterocycles. The third kappa shape index (κ3) is 8.69. The van der Waals surface area contributed by atoms with Crippen molar-refractivity contribution in [2.24, 2.45) is 5.73 Å². The molecule has 0 spiro atoms. The van der Waals surface area contributed by atoms with E-state index in [0.717, 1.165) is 25.9 Å². The fourth-order valence-electron chi connectivity index (χ4n) is 7.67. The van der Waals surface area contributed by atoms with E-state index in [1.165, 1.54) is 21.5 Å². The lowest BCUT2D eigenvalue weighted by atomic mass is 10.1. The molecule has 0 radical (unpaired) electrons. The Morgan fingerprint density at radius 1 is 0.808 bits per heavy atom. The normalized spacial score (nSPS) is 19.5. The van der Waals surface area contributed by atoms with E-state index in [1.807, 2.05) is 0 Å². The fraction of sp³-hybridized carbons (Fsp3) is 0.415. The summed E-state index contributed by atoms with van der Waals surface area (Å²) in [4.78, 5) is 2.72. The molecule has 3 N–H and O–H groups in total. The highest BCUT2D eigenvalue weighted by atomic mass is 32.2. The highest BCUT2D eigenvalue weighted by Crippen LogP contribution is 2.42. The maximum Gasteiger partial charge on any atom is 0.261 e. The molecule has 1 fully saturated rings. The van der Waals surface area contributed by atoms with Crippen LogP contribution in [0.3, 0.4) is 0 Å². The molecule has 4 aromatic carbocycles. The van der Waals surface area contributed by atoms with E-state index in [2.05, 4.69) is 115 Å². The average molecular weight is 744 g/mol. The number of hydrogen-bond donors (Lipinski definition) is 2. The first kappa shape index (κ1) is 38.3. The summed E-state index contributed by atoms with van der Waals surface area (Å²) in [6, 6.07) is 37.0. The van der Waals surface area contributed by atoms with Gasteiger partial charge in [-0.15, -0.1) is 0 Å². The van der Waals surface area contributed by atoms with Gasteiger partial charge in [-0.3, -0.25) is 4.90 Å². The second-order valence-corrected chi connectivity index (χ2v) is 20.6. The summed E-state index contributed by atoms with van der Waals surface area (Å²) < 4.78 is 53.5. The minimum atomic E-state index is -3.70. The summed E-state index contributed by atoms with van der Waals surface area (Å²) in [5.41, 5.74) is 7.86. The van der Waals surface area contributed by atoms with Gasteiger partial charge in [-0.05, 0) is 63.6 Å². The van der Waals surface area contributed by atoms with Crippen LogP contribution in [0, 0.1) is 0 Å². The Kier molecular flexibility index (Phi) is 12.7. The van der Waals surface area contributed by atoms with Crippen LogP contribution in [0.15, 0.2) is 114 Å². The van der Waals surface area contributed by atoms with Crippen LogP contribution in [-0.4, -0.2) is 86.4 Å². The highest BCUT2D eigenvalue weighted by Gasteiger charge is 2.52. The maximum atomic E-state index is 13.0. The molecule has 1 heterocycles. The Labute approximate surface area is 310 Å². The van der Waals surface area contributed by atoms with E-state index in [4.69, 9.17) is 24.4 Å². The predicted octanol–water partition coefficient (Wildman–Crippen LogP) is 4.65. The van der Waals surface area contributed by atoms with Gasteiger partial charge in [-0.2, -0.15) is 0 Å². The summed E-state index contributed by atoms with van der Waals surface area (Å²) in [6.07, 6.45) is 1.69. The molecule has 4 aromatic rings. The summed E-state index contributed by atoms with van der Waals surface area (Å²) in [7, 11) is -6.40. The van der Waals surface area contributed by atoms with E-state index in [1.54, 1.807) is 24.3 Å².